The van der Waals surface area contributed by atoms with E-state index in [0.717, 1.165) is 38.2 Å². The monoisotopic (exact) mass is 462 g/mol. The standard InChI is InChI=1S/C28H38N4O2/c1-30(24-9-11-25(12-10-24)32-15-5-6-20-34-28(32)33)18-19-31-16-13-23(14-17-31)29-27-21-26(27)22-7-3-2-4-8-22/h2-4,7-12,23,26-27,29H,5-6,13-21H2,1H3/t26-,27+/m0/s1. The molecule has 2 aromatic carbocycles. The third-order valence-corrected chi connectivity index (χ3v) is 7.63. The van der Waals surface area contributed by atoms with Crippen molar-refractivity contribution in [2.45, 2.75) is 50.1 Å². The van der Waals surface area contributed by atoms with Crippen molar-refractivity contribution < 1.29 is 9.53 Å². The van der Waals surface area contributed by atoms with Crippen molar-refractivity contribution >= 4 is 17.5 Å². The molecule has 5 rings (SSSR count). The first-order valence-corrected chi connectivity index (χ1v) is 13.0. The Labute approximate surface area is 203 Å². The highest BCUT2D eigenvalue weighted by Gasteiger charge is 2.39. The van der Waals surface area contributed by atoms with Crippen molar-refractivity contribution in [1.29, 1.82) is 0 Å². The highest BCUT2D eigenvalue weighted by atomic mass is 16.6. The number of hydrogen-bond acceptors (Lipinski definition) is 5. The third kappa shape index (κ3) is 5.73. The largest absolute Gasteiger partial charge is 0.449 e. The molecule has 3 fully saturated rings. The predicted octanol–water partition coefficient (Wildman–Crippen LogP) is 4.47. The lowest BCUT2D eigenvalue weighted by molar-refractivity contribution is 0.159. The lowest BCUT2D eigenvalue weighted by Gasteiger charge is -2.34. The second-order valence-corrected chi connectivity index (χ2v) is 10.1. The van der Waals surface area contributed by atoms with Crippen LogP contribution in [0.3, 0.4) is 0 Å². The van der Waals surface area contributed by atoms with Gasteiger partial charge in [0.2, 0.25) is 0 Å². The van der Waals surface area contributed by atoms with Gasteiger partial charge in [-0.25, -0.2) is 4.79 Å². The number of ether oxygens (including phenoxy) is 1. The van der Waals surface area contributed by atoms with Crippen LogP contribution >= 0.6 is 0 Å². The summed E-state index contributed by atoms with van der Waals surface area (Å²) in [6, 6.07) is 20.6. The Kier molecular flexibility index (Phi) is 7.36. The molecule has 6 nitrogen and oxygen atoms in total. The highest BCUT2D eigenvalue weighted by Crippen LogP contribution is 2.41. The number of carbonyl (C=O) groups is 1. The summed E-state index contributed by atoms with van der Waals surface area (Å²) in [7, 11) is 2.15. The first-order chi connectivity index (χ1) is 16.7. The number of likely N-dealkylation sites (tertiary alicyclic amines) is 1. The van der Waals surface area contributed by atoms with Crippen LogP contribution in [0.1, 0.15) is 43.6 Å². The molecule has 34 heavy (non-hydrogen) atoms. The number of carbonyl (C=O) groups excluding carboxylic acids is 1. The molecule has 0 spiro atoms. The van der Waals surface area contributed by atoms with Gasteiger partial charge in [0.15, 0.2) is 0 Å². The molecule has 1 aliphatic carbocycles. The first kappa shape index (κ1) is 23.2. The molecule has 0 bridgehead atoms. The summed E-state index contributed by atoms with van der Waals surface area (Å²) < 4.78 is 5.28. The molecule has 2 saturated heterocycles. The molecule has 6 heteroatoms. The first-order valence-electron chi connectivity index (χ1n) is 13.0. The fourth-order valence-corrected chi connectivity index (χ4v) is 5.32. The summed E-state index contributed by atoms with van der Waals surface area (Å²) in [5, 5.41) is 3.92. The van der Waals surface area contributed by atoms with Crippen LogP contribution in [0.15, 0.2) is 54.6 Å². The normalized spacial score (nSPS) is 23.9. The fraction of sp³-hybridized carbons (Fsp3) is 0.536. The zero-order valence-corrected chi connectivity index (χ0v) is 20.4. The van der Waals surface area contributed by atoms with Gasteiger partial charge in [0.05, 0.1) is 6.61 Å². The topological polar surface area (TPSA) is 48.0 Å². The molecule has 2 heterocycles. The van der Waals surface area contributed by atoms with Gasteiger partial charge in [0.25, 0.3) is 0 Å². The Bertz CT molecular complexity index is 927. The number of benzene rings is 2. The molecule has 2 atom stereocenters. The predicted molar refractivity (Wildman–Crippen MR) is 138 cm³/mol. The zero-order valence-electron chi connectivity index (χ0n) is 20.4. The van der Waals surface area contributed by atoms with Gasteiger partial charge in [0.1, 0.15) is 0 Å². The smallest absolute Gasteiger partial charge is 0.414 e. The summed E-state index contributed by atoms with van der Waals surface area (Å²) in [5.74, 6) is 0.712. The quantitative estimate of drug-likeness (QED) is 0.627. The van der Waals surface area contributed by atoms with E-state index < -0.39 is 0 Å². The number of rotatable bonds is 8. The van der Waals surface area contributed by atoms with Gasteiger partial charge in [-0.1, -0.05) is 30.3 Å². The van der Waals surface area contributed by atoms with Crippen LogP contribution in [0.25, 0.3) is 0 Å². The summed E-state index contributed by atoms with van der Waals surface area (Å²) >= 11 is 0. The molecule has 1 amide bonds. The summed E-state index contributed by atoms with van der Waals surface area (Å²) in [6.07, 6.45) is 5.45. The van der Waals surface area contributed by atoms with E-state index >= 15 is 0 Å². The molecular formula is C28H38N4O2. The van der Waals surface area contributed by atoms with Gasteiger partial charge in [-0.05, 0) is 75.0 Å². The minimum atomic E-state index is -0.228. The molecule has 0 radical (unpaired) electrons. The van der Waals surface area contributed by atoms with E-state index in [0.29, 0.717) is 24.6 Å². The highest BCUT2D eigenvalue weighted by molar-refractivity contribution is 5.88. The van der Waals surface area contributed by atoms with Gasteiger partial charge in [0, 0.05) is 56.1 Å². The van der Waals surface area contributed by atoms with Gasteiger partial charge in [-0.3, -0.25) is 4.90 Å². The molecule has 2 aromatic rings. The van der Waals surface area contributed by atoms with Crippen LogP contribution in [-0.2, 0) is 4.74 Å². The van der Waals surface area contributed by atoms with Crippen LogP contribution in [0, 0.1) is 0 Å². The molecule has 1 saturated carbocycles. The molecule has 2 aliphatic heterocycles. The van der Waals surface area contributed by atoms with Crippen molar-refractivity contribution in [3.05, 3.63) is 60.2 Å². The SMILES string of the molecule is CN(CCN1CCC(N[C@@H]2C[C@H]2c2ccccc2)CC1)c1ccc(N2CCCCOC2=O)cc1. The van der Waals surface area contributed by atoms with Crippen molar-refractivity contribution in [2.24, 2.45) is 0 Å². The van der Waals surface area contributed by atoms with E-state index in [2.05, 4.69) is 64.6 Å². The second kappa shape index (κ2) is 10.8. The average molecular weight is 463 g/mol. The molecule has 182 valence electrons. The van der Waals surface area contributed by atoms with Crippen LogP contribution in [0.5, 0.6) is 0 Å². The number of nitrogens with one attached hydrogen (secondary N) is 1. The maximum absolute atomic E-state index is 12.2. The molecular weight excluding hydrogens is 424 g/mol. The van der Waals surface area contributed by atoms with Crippen molar-refractivity contribution in [2.75, 3.05) is 56.2 Å². The van der Waals surface area contributed by atoms with Gasteiger partial charge in [-0.2, -0.15) is 0 Å². The van der Waals surface area contributed by atoms with E-state index in [1.165, 1.54) is 43.6 Å². The number of hydrogen-bond donors (Lipinski definition) is 1. The van der Waals surface area contributed by atoms with Crippen molar-refractivity contribution in [1.82, 2.24) is 10.2 Å². The lowest BCUT2D eigenvalue weighted by atomic mass is 10.0. The Morgan fingerprint density at radius 3 is 2.53 bits per heavy atom. The Morgan fingerprint density at radius 1 is 1.00 bits per heavy atom. The van der Waals surface area contributed by atoms with Gasteiger partial charge in [-0.15, -0.1) is 0 Å². The Hall–Kier alpha value is -2.57. The molecule has 0 aromatic heterocycles. The minimum absolute atomic E-state index is 0.228. The molecule has 1 N–H and O–H groups in total. The van der Waals surface area contributed by atoms with Crippen LogP contribution < -0.4 is 15.1 Å². The maximum atomic E-state index is 12.2. The van der Waals surface area contributed by atoms with Crippen LogP contribution in [-0.4, -0.2) is 69.5 Å². The van der Waals surface area contributed by atoms with Gasteiger partial charge < -0.3 is 19.9 Å². The second-order valence-electron chi connectivity index (χ2n) is 10.1. The summed E-state index contributed by atoms with van der Waals surface area (Å²) in [4.78, 5) is 18.8. The number of amides is 1. The minimum Gasteiger partial charge on any atom is -0.449 e. The summed E-state index contributed by atoms with van der Waals surface area (Å²) in [5.41, 5.74) is 3.59. The Balaban J connectivity index is 1.03. The third-order valence-electron chi connectivity index (χ3n) is 7.63. The number of cyclic esters (lactones) is 1. The number of anilines is 2. The maximum Gasteiger partial charge on any atom is 0.414 e. The number of nitrogens with zero attached hydrogens (tertiary/aromatic N) is 3. The van der Waals surface area contributed by atoms with Gasteiger partial charge >= 0.3 is 6.09 Å². The summed E-state index contributed by atoms with van der Waals surface area (Å²) in [6.45, 7) is 5.68. The van der Waals surface area contributed by atoms with Crippen LogP contribution in [0.4, 0.5) is 16.2 Å². The fourth-order valence-electron chi connectivity index (χ4n) is 5.32. The molecule has 0 unspecified atom stereocenters. The molecule has 3 aliphatic rings. The van der Waals surface area contributed by atoms with E-state index in [9.17, 15) is 4.79 Å². The van der Waals surface area contributed by atoms with Crippen LogP contribution in [0.2, 0.25) is 0 Å². The van der Waals surface area contributed by atoms with Crippen molar-refractivity contribution in [3.63, 3.8) is 0 Å². The van der Waals surface area contributed by atoms with Crippen molar-refractivity contribution in [3.8, 4) is 0 Å². The van der Waals surface area contributed by atoms with E-state index in [1.54, 1.807) is 4.90 Å². The van der Waals surface area contributed by atoms with E-state index in [4.69, 9.17) is 4.74 Å². The zero-order chi connectivity index (χ0) is 23.3. The lowest BCUT2D eigenvalue weighted by Crippen LogP contribution is -2.45. The number of piperidine rings is 1. The van der Waals surface area contributed by atoms with E-state index in [-0.39, 0.29) is 6.09 Å². The average Bonchev–Trinajstić information content (AvgIpc) is 3.68. The number of likely N-dealkylation sites (N-methyl/N-ethyl adjacent to an activating group) is 1. The Morgan fingerprint density at radius 2 is 1.76 bits per heavy atom. The van der Waals surface area contributed by atoms with E-state index in [1.807, 2.05) is 12.1 Å².